The predicted octanol–water partition coefficient (Wildman–Crippen LogP) is 1.98. The zero-order valence-corrected chi connectivity index (χ0v) is 11.1. The number of nitrogens with two attached hydrogens (primary N) is 1. The van der Waals surface area contributed by atoms with Crippen molar-refractivity contribution in [1.82, 2.24) is 4.98 Å². The first-order chi connectivity index (χ1) is 8.49. The normalized spacial score (nSPS) is 14.8. The van der Waals surface area contributed by atoms with Crippen molar-refractivity contribution < 1.29 is 0 Å². The number of anilines is 1. The van der Waals surface area contributed by atoms with Crippen molar-refractivity contribution in [3.05, 3.63) is 22.9 Å². The first-order valence-electron chi connectivity index (χ1n) is 6.45. The van der Waals surface area contributed by atoms with E-state index in [1.807, 2.05) is 19.9 Å². The highest BCUT2D eigenvalue weighted by Gasteiger charge is 2.17. The summed E-state index contributed by atoms with van der Waals surface area (Å²) in [6, 6.07) is 4.20. The molecule has 0 unspecified atom stereocenters. The number of rotatable bonds is 3. The van der Waals surface area contributed by atoms with Gasteiger partial charge in [0, 0.05) is 17.8 Å². The summed E-state index contributed by atoms with van der Waals surface area (Å²) in [7, 11) is 0. The number of aryl methyl sites for hydroxylation is 2. The zero-order valence-electron chi connectivity index (χ0n) is 11.1. The number of nitrogens with zero attached hydrogens (tertiary/aromatic N) is 2. The van der Waals surface area contributed by atoms with Gasteiger partial charge in [0.25, 0.3) is 0 Å². The standard InChI is InChI=1S/C14H20N4/c1-14(2,16)9-17-13-11(8-15)7-10-5-3-4-6-12(10)18-13/h7H,3-6,9,16H2,1-2H3,(H,17,18). The lowest BCUT2D eigenvalue weighted by atomic mass is 9.95. The molecule has 4 heteroatoms. The Hall–Kier alpha value is -1.60. The van der Waals surface area contributed by atoms with Gasteiger partial charge in [-0.3, -0.25) is 0 Å². The van der Waals surface area contributed by atoms with Crippen LogP contribution in [-0.4, -0.2) is 17.1 Å². The maximum atomic E-state index is 9.19. The average Bonchev–Trinajstić information content (AvgIpc) is 2.34. The van der Waals surface area contributed by atoms with Crippen LogP contribution in [0.2, 0.25) is 0 Å². The lowest BCUT2D eigenvalue weighted by Gasteiger charge is -2.21. The highest BCUT2D eigenvalue weighted by Crippen LogP contribution is 2.24. The molecule has 0 aromatic carbocycles. The maximum Gasteiger partial charge on any atom is 0.144 e. The summed E-state index contributed by atoms with van der Waals surface area (Å²) in [6.07, 6.45) is 4.44. The van der Waals surface area contributed by atoms with Gasteiger partial charge in [0.1, 0.15) is 11.9 Å². The van der Waals surface area contributed by atoms with E-state index in [1.165, 1.54) is 18.4 Å². The number of fused-ring (bicyclic) bond motifs is 1. The van der Waals surface area contributed by atoms with Gasteiger partial charge >= 0.3 is 0 Å². The van der Waals surface area contributed by atoms with Crippen LogP contribution < -0.4 is 11.1 Å². The van der Waals surface area contributed by atoms with E-state index in [0.29, 0.717) is 17.9 Å². The topological polar surface area (TPSA) is 74.7 Å². The Labute approximate surface area is 108 Å². The van der Waals surface area contributed by atoms with E-state index in [0.717, 1.165) is 18.5 Å². The minimum atomic E-state index is -0.315. The van der Waals surface area contributed by atoms with Crippen LogP contribution in [-0.2, 0) is 12.8 Å². The predicted molar refractivity (Wildman–Crippen MR) is 72.4 cm³/mol. The van der Waals surface area contributed by atoms with E-state index in [4.69, 9.17) is 5.73 Å². The molecule has 0 radical (unpaired) electrons. The van der Waals surface area contributed by atoms with Crippen LogP contribution in [0.25, 0.3) is 0 Å². The van der Waals surface area contributed by atoms with Crippen LogP contribution in [0, 0.1) is 11.3 Å². The minimum Gasteiger partial charge on any atom is -0.367 e. The Kier molecular flexibility index (Phi) is 3.53. The van der Waals surface area contributed by atoms with Crippen molar-refractivity contribution in [3.8, 4) is 6.07 Å². The summed E-state index contributed by atoms with van der Waals surface area (Å²) in [4.78, 5) is 4.60. The van der Waals surface area contributed by atoms with Crippen LogP contribution in [0.15, 0.2) is 6.07 Å². The van der Waals surface area contributed by atoms with E-state index in [2.05, 4.69) is 16.4 Å². The third-order valence-corrected chi connectivity index (χ3v) is 3.13. The van der Waals surface area contributed by atoms with Crippen molar-refractivity contribution in [2.75, 3.05) is 11.9 Å². The molecule has 0 aliphatic heterocycles. The van der Waals surface area contributed by atoms with Gasteiger partial charge in [-0.05, 0) is 51.2 Å². The number of nitrogens with one attached hydrogen (secondary N) is 1. The third kappa shape index (κ3) is 2.99. The number of hydrogen-bond donors (Lipinski definition) is 2. The van der Waals surface area contributed by atoms with Crippen LogP contribution in [0.3, 0.4) is 0 Å². The fourth-order valence-corrected chi connectivity index (χ4v) is 2.17. The SMILES string of the molecule is CC(C)(N)CNc1nc2c(cc1C#N)CCCC2. The number of nitriles is 1. The molecule has 1 aliphatic rings. The minimum absolute atomic E-state index is 0.315. The van der Waals surface area contributed by atoms with Crippen LogP contribution in [0.4, 0.5) is 5.82 Å². The molecule has 1 aromatic heterocycles. The summed E-state index contributed by atoms with van der Waals surface area (Å²) in [5.74, 6) is 0.677. The van der Waals surface area contributed by atoms with Crippen LogP contribution in [0.5, 0.6) is 0 Å². The summed E-state index contributed by atoms with van der Waals surface area (Å²) in [6.45, 7) is 4.50. The van der Waals surface area contributed by atoms with Gasteiger partial charge in [-0.25, -0.2) is 4.98 Å². The van der Waals surface area contributed by atoms with Crippen molar-refractivity contribution >= 4 is 5.82 Å². The molecule has 4 nitrogen and oxygen atoms in total. The Morgan fingerprint density at radius 3 is 2.83 bits per heavy atom. The second kappa shape index (κ2) is 4.95. The third-order valence-electron chi connectivity index (χ3n) is 3.13. The second-order valence-electron chi connectivity index (χ2n) is 5.65. The zero-order chi connectivity index (χ0) is 13.2. The monoisotopic (exact) mass is 244 g/mol. The van der Waals surface area contributed by atoms with Gasteiger partial charge in [0.15, 0.2) is 0 Å². The first-order valence-corrected chi connectivity index (χ1v) is 6.45. The van der Waals surface area contributed by atoms with Crippen LogP contribution >= 0.6 is 0 Å². The molecular weight excluding hydrogens is 224 g/mol. The van der Waals surface area contributed by atoms with Crippen molar-refractivity contribution in [1.29, 1.82) is 5.26 Å². The van der Waals surface area contributed by atoms with E-state index in [9.17, 15) is 5.26 Å². The van der Waals surface area contributed by atoms with Gasteiger partial charge in [0.05, 0.1) is 5.56 Å². The molecule has 18 heavy (non-hydrogen) atoms. The summed E-state index contributed by atoms with van der Waals surface area (Å²) >= 11 is 0. The molecule has 1 heterocycles. The average molecular weight is 244 g/mol. The second-order valence-corrected chi connectivity index (χ2v) is 5.65. The summed E-state index contributed by atoms with van der Waals surface area (Å²) < 4.78 is 0. The largest absolute Gasteiger partial charge is 0.367 e. The van der Waals surface area contributed by atoms with E-state index in [1.54, 1.807) is 0 Å². The Morgan fingerprint density at radius 2 is 2.17 bits per heavy atom. The molecule has 2 rings (SSSR count). The fraction of sp³-hybridized carbons (Fsp3) is 0.571. The fourth-order valence-electron chi connectivity index (χ4n) is 2.17. The highest BCUT2D eigenvalue weighted by molar-refractivity contribution is 5.54. The van der Waals surface area contributed by atoms with E-state index in [-0.39, 0.29) is 5.54 Å². The lowest BCUT2D eigenvalue weighted by Crippen LogP contribution is -2.40. The molecule has 0 saturated carbocycles. The molecule has 0 atom stereocenters. The van der Waals surface area contributed by atoms with Gasteiger partial charge in [-0.2, -0.15) is 5.26 Å². The first kappa shape index (κ1) is 12.8. The van der Waals surface area contributed by atoms with Crippen molar-refractivity contribution in [2.24, 2.45) is 5.73 Å². The molecule has 0 saturated heterocycles. The van der Waals surface area contributed by atoms with Gasteiger partial charge < -0.3 is 11.1 Å². The molecular formula is C14H20N4. The van der Waals surface area contributed by atoms with Gasteiger partial charge in [-0.15, -0.1) is 0 Å². The molecule has 1 aliphatic carbocycles. The Bertz CT molecular complexity index is 480. The number of hydrogen-bond acceptors (Lipinski definition) is 4. The molecule has 0 fully saturated rings. The lowest BCUT2D eigenvalue weighted by molar-refractivity contribution is 0.548. The molecule has 0 amide bonds. The van der Waals surface area contributed by atoms with Gasteiger partial charge in [-0.1, -0.05) is 0 Å². The van der Waals surface area contributed by atoms with Crippen molar-refractivity contribution in [3.63, 3.8) is 0 Å². The van der Waals surface area contributed by atoms with Crippen molar-refractivity contribution in [2.45, 2.75) is 45.1 Å². The Morgan fingerprint density at radius 1 is 1.44 bits per heavy atom. The van der Waals surface area contributed by atoms with E-state index < -0.39 is 0 Å². The van der Waals surface area contributed by atoms with E-state index >= 15 is 0 Å². The Balaban J connectivity index is 2.26. The smallest absolute Gasteiger partial charge is 0.144 e. The molecule has 1 aromatic rings. The quantitative estimate of drug-likeness (QED) is 0.852. The molecule has 96 valence electrons. The summed E-state index contributed by atoms with van der Waals surface area (Å²) in [5, 5.41) is 12.4. The maximum absolute atomic E-state index is 9.19. The highest BCUT2D eigenvalue weighted by atomic mass is 15.0. The summed E-state index contributed by atoms with van der Waals surface area (Å²) in [5.41, 5.74) is 8.62. The molecule has 0 bridgehead atoms. The van der Waals surface area contributed by atoms with Gasteiger partial charge in [0.2, 0.25) is 0 Å². The molecule has 3 N–H and O–H groups in total. The molecule has 0 spiro atoms. The number of pyridine rings is 1. The number of aromatic nitrogens is 1. The van der Waals surface area contributed by atoms with Crippen LogP contribution in [0.1, 0.15) is 43.5 Å².